The Balaban J connectivity index is 0.000000216. The Labute approximate surface area is 296 Å². The van der Waals surface area contributed by atoms with E-state index in [4.69, 9.17) is 0 Å². The molecular weight excluding hydrogens is 815 g/mol. The first-order valence-corrected chi connectivity index (χ1v) is 15.7. The molecule has 6 aromatic rings. The third kappa shape index (κ3) is 9.55. The topological polar surface area (TPSA) is 25.8 Å². The molecule has 0 spiro atoms. The maximum absolute atomic E-state index is 12.7. The van der Waals surface area contributed by atoms with E-state index in [0.29, 0.717) is 22.5 Å². The summed E-state index contributed by atoms with van der Waals surface area (Å²) in [6.07, 6.45) is -10.2. The molecule has 0 N–H and O–H groups in total. The fraction of sp³-hybridized carbons (Fsp3) is 0.250. The van der Waals surface area contributed by atoms with Gasteiger partial charge in [0.05, 0.1) is 22.4 Å². The van der Waals surface area contributed by atoms with Crippen LogP contribution >= 0.6 is 0 Å². The number of alkyl halides is 6. The molecule has 0 aliphatic carbocycles. The van der Waals surface area contributed by atoms with Crippen LogP contribution in [0, 0.1) is 27.7 Å². The zero-order chi connectivity index (χ0) is 34.6. The Hall–Kier alpha value is -4.07. The predicted molar refractivity (Wildman–Crippen MR) is 182 cm³/mol. The molecule has 0 saturated carbocycles. The summed E-state index contributed by atoms with van der Waals surface area (Å²) in [6, 6.07) is 30.4. The summed E-state index contributed by atoms with van der Waals surface area (Å²) < 4.78 is 76.3. The summed E-state index contributed by atoms with van der Waals surface area (Å²) in [5, 5.41) is 1.73. The number of hydrogen-bond donors (Lipinski definition) is 0. The van der Waals surface area contributed by atoms with Crippen LogP contribution in [0.5, 0.6) is 0 Å². The monoisotopic (exact) mass is 851 g/mol. The first kappa shape index (κ1) is 37.7. The summed E-state index contributed by atoms with van der Waals surface area (Å²) in [7, 11) is 0. The molecule has 0 amide bonds. The van der Waals surface area contributed by atoms with Gasteiger partial charge in [0.1, 0.15) is 0 Å². The minimum atomic E-state index is -4.18. The van der Waals surface area contributed by atoms with Crippen molar-refractivity contribution in [2.75, 3.05) is 0 Å². The van der Waals surface area contributed by atoms with E-state index in [1.165, 1.54) is 0 Å². The second-order valence-electron chi connectivity index (χ2n) is 12.1. The summed E-state index contributed by atoms with van der Waals surface area (Å²) >= 11 is 0. The summed E-state index contributed by atoms with van der Waals surface area (Å²) in [4.78, 5) is 9.36. The Kier molecular flexibility index (Phi) is 12.1. The molecule has 0 atom stereocenters. The van der Waals surface area contributed by atoms with Crippen molar-refractivity contribution in [1.82, 2.24) is 9.97 Å². The van der Waals surface area contributed by atoms with E-state index in [9.17, 15) is 26.3 Å². The molecule has 0 bridgehead atoms. The van der Waals surface area contributed by atoms with E-state index < -0.39 is 25.2 Å². The molecule has 6 rings (SSSR count). The van der Waals surface area contributed by atoms with Crippen LogP contribution in [0.4, 0.5) is 26.3 Å². The molecule has 2 nitrogen and oxygen atoms in total. The number of benzene rings is 4. The van der Waals surface area contributed by atoms with Crippen molar-refractivity contribution >= 4 is 21.8 Å². The molecule has 4 aromatic carbocycles. The van der Waals surface area contributed by atoms with Gasteiger partial charge in [0, 0.05) is 34.7 Å². The zero-order valence-electron chi connectivity index (χ0n) is 27.6. The molecule has 0 aliphatic heterocycles. The SMILES string of the molecule is Cc1cccc(-c2nc3ccccc3cc2CCC(F)(F)F)c1C.Cc1cccc(-c2nc3ccccc3cc2CCC(F)(F)F)c1C.[Ir+2]. The van der Waals surface area contributed by atoms with Crippen LogP contribution in [-0.2, 0) is 32.9 Å². The minimum absolute atomic E-state index is 0. The van der Waals surface area contributed by atoms with Crippen LogP contribution in [0.15, 0.2) is 97.1 Å². The third-order valence-corrected chi connectivity index (χ3v) is 8.68. The smallest absolute Gasteiger partial charge is 0.247 e. The first-order valence-electron chi connectivity index (χ1n) is 15.7. The second-order valence-corrected chi connectivity index (χ2v) is 12.1. The number of halogens is 6. The van der Waals surface area contributed by atoms with Crippen molar-refractivity contribution in [3.8, 4) is 22.5 Å². The molecule has 0 aliphatic rings. The van der Waals surface area contributed by atoms with Gasteiger partial charge in [0.15, 0.2) is 0 Å². The van der Waals surface area contributed by atoms with E-state index in [-0.39, 0.29) is 32.9 Å². The standard InChI is InChI=1S/2C20H18F3N.Ir/c2*1-13-6-5-8-17(14(13)2)19-16(10-11-20(21,22)23)12-15-7-3-4-9-18(15)24-19;/h2*3-9,12H,10-11H2,1-2H3;/q;;+2. The van der Waals surface area contributed by atoms with Crippen molar-refractivity contribution in [1.29, 1.82) is 0 Å². The van der Waals surface area contributed by atoms with Gasteiger partial charge in [0.25, 0.3) is 0 Å². The molecule has 9 heteroatoms. The molecule has 2 aromatic heterocycles. The van der Waals surface area contributed by atoms with E-state index >= 15 is 0 Å². The van der Waals surface area contributed by atoms with Crippen LogP contribution in [0.3, 0.4) is 0 Å². The normalized spacial score (nSPS) is 11.6. The number of nitrogens with zero attached hydrogens (tertiary/aromatic N) is 2. The summed E-state index contributed by atoms with van der Waals surface area (Å²) in [5.74, 6) is 0. The Morgan fingerprint density at radius 1 is 0.490 bits per heavy atom. The van der Waals surface area contributed by atoms with Crippen LogP contribution in [0.25, 0.3) is 44.3 Å². The Morgan fingerprint density at radius 3 is 1.22 bits per heavy atom. The number of pyridine rings is 2. The van der Waals surface area contributed by atoms with Crippen molar-refractivity contribution < 1.29 is 46.4 Å². The predicted octanol–water partition coefficient (Wildman–Crippen LogP) is 12.0. The maximum Gasteiger partial charge on any atom is 2.00 e. The molecule has 255 valence electrons. The van der Waals surface area contributed by atoms with Gasteiger partial charge in [-0.05, 0) is 98.2 Å². The number of fused-ring (bicyclic) bond motifs is 2. The molecule has 0 unspecified atom stereocenters. The van der Waals surface area contributed by atoms with Gasteiger partial charge in [0.2, 0.25) is 0 Å². The molecular formula is C40H36F6IrN2+2. The van der Waals surface area contributed by atoms with E-state index in [0.717, 1.165) is 55.2 Å². The molecule has 2 heterocycles. The van der Waals surface area contributed by atoms with Crippen LogP contribution in [0.1, 0.15) is 46.2 Å². The second kappa shape index (κ2) is 15.6. The first-order chi connectivity index (χ1) is 22.7. The zero-order valence-corrected chi connectivity index (χ0v) is 30.0. The number of rotatable bonds is 6. The summed E-state index contributed by atoms with van der Waals surface area (Å²) in [6.45, 7) is 7.95. The fourth-order valence-corrected chi connectivity index (χ4v) is 5.74. The molecule has 0 fully saturated rings. The van der Waals surface area contributed by atoms with Crippen LogP contribution in [0.2, 0.25) is 0 Å². The van der Waals surface area contributed by atoms with Gasteiger partial charge < -0.3 is 0 Å². The van der Waals surface area contributed by atoms with E-state index in [2.05, 4.69) is 9.97 Å². The quantitative estimate of drug-likeness (QED) is 0.156. The molecule has 49 heavy (non-hydrogen) atoms. The number of hydrogen-bond acceptors (Lipinski definition) is 2. The van der Waals surface area contributed by atoms with Crippen molar-refractivity contribution in [2.45, 2.75) is 65.7 Å². The summed E-state index contributed by atoms with van der Waals surface area (Å²) in [5.41, 5.74) is 10.3. The number of aryl methyl sites for hydroxylation is 4. The van der Waals surface area contributed by atoms with Crippen LogP contribution < -0.4 is 0 Å². The minimum Gasteiger partial charge on any atom is -0.247 e. The molecule has 1 radical (unpaired) electrons. The van der Waals surface area contributed by atoms with Gasteiger partial charge >= 0.3 is 32.5 Å². The van der Waals surface area contributed by atoms with Gasteiger partial charge in [-0.3, -0.25) is 0 Å². The number of aromatic nitrogens is 2. The number of para-hydroxylation sites is 2. The average molecular weight is 851 g/mol. The van der Waals surface area contributed by atoms with Gasteiger partial charge in [-0.15, -0.1) is 0 Å². The van der Waals surface area contributed by atoms with E-state index in [1.807, 2.05) is 125 Å². The fourth-order valence-electron chi connectivity index (χ4n) is 5.74. The average Bonchev–Trinajstić information content (AvgIpc) is 3.04. The van der Waals surface area contributed by atoms with Gasteiger partial charge in [-0.1, -0.05) is 72.8 Å². The Morgan fingerprint density at radius 2 is 0.857 bits per heavy atom. The van der Waals surface area contributed by atoms with Crippen molar-refractivity contribution in [2.24, 2.45) is 0 Å². The molecule has 0 saturated heterocycles. The maximum atomic E-state index is 12.7. The van der Waals surface area contributed by atoms with Gasteiger partial charge in [-0.2, -0.15) is 26.3 Å². The Bertz CT molecular complexity index is 1920. The largest absolute Gasteiger partial charge is 2.00 e. The van der Waals surface area contributed by atoms with Crippen LogP contribution in [-0.4, -0.2) is 22.3 Å². The van der Waals surface area contributed by atoms with Crippen molar-refractivity contribution in [3.05, 3.63) is 130 Å². The van der Waals surface area contributed by atoms with Gasteiger partial charge in [-0.25, -0.2) is 9.97 Å². The third-order valence-electron chi connectivity index (χ3n) is 8.68. The van der Waals surface area contributed by atoms with Crippen molar-refractivity contribution in [3.63, 3.8) is 0 Å². The van der Waals surface area contributed by atoms with E-state index in [1.54, 1.807) is 0 Å².